The van der Waals surface area contributed by atoms with E-state index >= 15 is 0 Å². The van der Waals surface area contributed by atoms with Gasteiger partial charge in [-0.05, 0) is 53.4 Å². The fourth-order valence-corrected chi connectivity index (χ4v) is 5.50. The van der Waals surface area contributed by atoms with Crippen molar-refractivity contribution in [2.75, 3.05) is 26.3 Å². The molecule has 0 amide bonds. The third-order valence-electron chi connectivity index (χ3n) is 6.57. The molecule has 1 N–H and O–H groups in total. The Morgan fingerprint density at radius 2 is 1.85 bits per heavy atom. The van der Waals surface area contributed by atoms with Crippen LogP contribution in [0.3, 0.4) is 0 Å². The molecule has 0 aliphatic carbocycles. The molecule has 1 aliphatic heterocycles. The highest BCUT2D eigenvalue weighted by Gasteiger charge is 2.18. The minimum Gasteiger partial charge on any atom is -0.506 e. The van der Waals surface area contributed by atoms with E-state index < -0.39 is 5.63 Å². The Morgan fingerprint density at radius 3 is 2.54 bits per heavy atom. The SMILES string of the molecule is CC(C)c1cc(CN2CCOCC2)ccc1Sc1c(O)cc(-c2ccc(OCc3cccnc3)cc2)oc1=O. The number of ether oxygens (including phenoxy) is 2. The average molecular weight is 545 g/mol. The maximum atomic E-state index is 13.0. The van der Waals surface area contributed by atoms with Crippen LogP contribution < -0.4 is 10.4 Å². The molecule has 1 saturated heterocycles. The van der Waals surface area contributed by atoms with E-state index in [1.54, 1.807) is 36.7 Å². The normalized spacial score (nSPS) is 14.0. The van der Waals surface area contributed by atoms with Gasteiger partial charge in [0.05, 0.1) is 13.2 Å². The number of benzene rings is 2. The summed E-state index contributed by atoms with van der Waals surface area (Å²) in [7, 11) is 0. The van der Waals surface area contributed by atoms with Gasteiger partial charge in [0.15, 0.2) is 0 Å². The van der Waals surface area contributed by atoms with Crippen LogP contribution in [0.5, 0.6) is 11.5 Å². The van der Waals surface area contributed by atoms with Crippen molar-refractivity contribution >= 4 is 11.8 Å². The number of aromatic hydroxyl groups is 1. The molecule has 8 heteroatoms. The van der Waals surface area contributed by atoms with Gasteiger partial charge in [-0.3, -0.25) is 9.88 Å². The Bertz CT molecular complexity index is 1450. The maximum Gasteiger partial charge on any atom is 0.354 e. The zero-order chi connectivity index (χ0) is 27.2. The lowest BCUT2D eigenvalue weighted by Crippen LogP contribution is -2.35. The highest BCUT2D eigenvalue weighted by atomic mass is 32.2. The molecule has 1 aliphatic rings. The Hall–Kier alpha value is -3.59. The van der Waals surface area contributed by atoms with Crippen LogP contribution in [-0.2, 0) is 17.9 Å². The second kappa shape index (κ2) is 12.5. The zero-order valence-electron chi connectivity index (χ0n) is 22.1. The summed E-state index contributed by atoms with van der Waals surface area (Å²) in [5.41, 5.74) is 3.43. The van der Waals surface area contributed by atoms with Gasteiger partial charge in [-0.15, -0.1) is 0 Å². The third-order valence-corrected chi connectivity index (χ3v) is 7.75. The highest BCUT2D eigenvalue weighted by molar-refractivity contribution is 7.99. The molecule has 39 heavy (non-hydrogen) atoms. The molecule has 0 spiro atoms. The van der Waals surface area contributed by atoms with Gasteiger partial charge in [-0.1, -0.05) is 43.8 Å². The summed E-state index contributed by atoms with van der Waals surface area (Å²) in [5, 5.41) is 10.8. The van der Waals surface area contributed by atoms with Crippen LogP contribution >= 0.6 is 11.8 Å². The van der Waals surface area contributed by atoms with Crippen molar-refractivity contribution in [3.63, 3.8) is 0 Å². The summed E-state index contributed by atoms with van der Waals surface area (Å²) in [6.45, 7) is 8.91. The van der Waals surface area contributed by atoms with E-state index in [1.807, 2.05) is 18.2 Å². The summed E-state index contributed by atoms with van der Waals surface area (Å²) in [6.07, 6.45) is 3.48. The molecule has 2 aromatic carbocycles. The Morgan fingerprint density at radius 1 is 1.05 bits per heavy atom. The minimum absolute atomic E-state index is 0.102. The van der Waals surface area contributed by atoms with E-state index in [0.717, 1.165) is 48.9 Å². The largest absolute Gasteiger partial charge is 0.506 e. The Labute approximate surface area is 232 Å². The Kier molecular flexibility index (Phi) is 8.66. The van der Waals surface area contributed by atoms with Gasteiger partial charge in [0.1, 0.15) is 28.8 Å². The molecule has 0 radical (unpaired) electrons. The predicted molar refractivity (Wildman–Crippen MR) is 151 cm³/mol. The van der Waals surface area contributed by atoms with Crippen molar-refractivity contribution in [3.8, 4) is 22.8 Å². The first-order valence-electron chi connectivity index (χ1n) is 13.1. The molecule has 0 saturated carbocycles. The molecule has 3 heterocycles. The molecular weight excluding hydrogens is 512 g/mol. The van der Waals surface area contributed by atoms with E-state index in [4.69, 9.17) is 13.9 Å². The predicted octanol–water partition coefficient (Wildman–Crippen LogP) is 6.09. The van der Waals surface area contributed by atoms with Gasteiger partial charge < -0.3 is 19.0 Å². The monoisotopic (exact) mass is 544 g/mol. The van der Waals surface area contributed by atoms with Crippen LogP contribution in [0.15, 0.2) is 92.1 Å². The second-order valence-electron chi connectivity index (χ2n) is 9.80. The van der Waals surface area contributed by atoms with Crippen molar-refractivity contribution in [1.82, 2.24) is 9.88 Å². The molecule has 1 fully saturated rings. The lowest BCUT2D eigenvalue weighted by molar-refractivity contribution is 0.0342. The third kappa shape index (κ3) is 6.89. The van der Waals surface area contributed by atoms with E-state index in [2.05, 4.69) is 35.9 Å². The number of rotatable bonds is 9. The van der Waals surface area contributed by atoms with E-state index in [1.165, 1.54) is 23.4 Å². The van der Waals surface area contributed by atoms with Gasteiger partial charge in [-0.25, -0.2) is 4.79 Å². The number of pyridine rings is 1. The summed E-state index contributed by atoms with van der Waals surface area (Å²) >= 11 is 1.25. The first-order valence-corrected chi connectivity index (χ1v) is 13.9. The van der Waals surface area contributed by atoms with Crippen LogP contribution in [0.4, 0.5) is 0 Å². The van der Waals surface area contributed by atoms with Crippen LogP contribution in [0, 0.1) is 0 Å². The van der Waals surface area contributed by atoms with Crippen molar-refractivity contribution in [2.24, 2.45) is 0 Å². The van der Waals surface area contributed by atoms with Gasteiger partial charge in [-0.2, -0.15) is 0 Å². The number of morpholine rings is 1. The van der Waals surface area contributed by atoms with Gasteiger partial charge in [0.25, 0.3) is 0 Å². The molecule has 202 valence electrons. The van der Waals surface area contributed by atoms with Crippen LogP contribution in [0.1, 0.15) is 36.5 Å². The minimum atomic E-state index is -0.570. The van der Waals surface area contributed by atoms with E-state index in [9.17, 15) is 9.90 Å². The quantitative estimate of drug-likeness (QED) is 0.271. The van der Waals surface area contributed by atoms with Gasteiger partial charge in [0.2, 0.25) is 0 Å². The summed E-state index contributed by atoms with van der Waals surface area (Å²) in [6, 6.07) is 18.8. The summed E-state index contributed by atoms with van der Waals surface area (Å²) in [4.78, 5) is 20.6. The van der Waals surface area contributed by atoms with Gasteiger partial charge in [0, 0.05) is 54.1 Å². The summed E-state index contributed by atoms with van der Waals surface area (Å²) < 4.78 is 16.9. The number of hydrogen-bond donors (Lipinski definition) is 1. The van der Waals surface area contributed by atoms with Crippen molar-refractivity contribution < 1.29 is 19.0 Å². The van der Waals surface area contributed by atoms with Crippen molar-refractivity contribution in [3.05, 3.63) is 100 Å². The lowest BCUT2D eigenvalue weighted by Gasteiger charge is -2.27. The van der Waals surface area contributed by atoms with E-state index in [0.29, 0.717) is 23.7 Å². The van der Waals surface area contributed by atoms with Crippen LogP contribution in [0.25, 0.3) is 11.3 Å². The number of aromatic nitrogens is 1. The molecule has 2 aromatic heterocycles. The molecule has 7 nitrogen and oxygen atoms in total. The standard InChI is InChI=1S/C31H32N2O5S/c1-21(2)26-16-22(19-33-12-14-36-15-13-33)5-10-29(26)39-30-27(34)17-28(38-31(30)35)24-6-8-25(9-7-24)37-20-23-4-3-11-32-18-23/h3-11,16-18,21,34H,12-15,19-20H2,1-2H3. The maximum absolute atomic E-state index is 13.0. The van der Waals surface area contributed by atoms with Crippen molar-refractivity contribution in [1.29, 1.82) is 0 Å². The smallest absolute Gasteiger partial charge is 0.354 e. The summed E-state index contributed by atoms with van der Waals surface area (Å²) in [5.74, 6) is 1.13. The molecular formula is C31H32N2O5S. The molecule has 0 atom stereocenters. The fourth-order valence-electron chi connectivity index (χ4n) is 4.44. The average Bonchev–Trinajstić information content (AvgIpc) is 2.95. The highest BCUT2D eigenvalue weighted by Crippen LogP contribution is 2.38. The Balaban J connectivity index is 1.30. The molecule has 4 aromatic rings. The van der Waals surface area contributed by atoms with Crippen molar-refractivity contribution in [2.45, 2.75) is 42.7 Å². The molecule has 0 bridgehead atoms. The van der Waals surface area contributed by atoms with Gasteiger partial charge >= 0.3 is 5.63 Å². The van der Waals surface area contributed by atoms with Crippen LogP contribution in [0.2, 0.25) is 0 Å². The fraction of sp³-hybridized carbons (Fsp3) is 0.290. The first-order chi connectivity index (χ1) is 19.0. The molecule has 5 rings (SSSR count). The molecule has 0 unspecified atom stereocenters. The van der Waals surface area contributed by atoms with E-state index in [-0.39, 0.29) is 16.6 Å². The zero-order valence-corrected chi connectivity index (χ0v) is 22.9. The number of hydrogen-bond acceptors (Lipinski definition) is 8. The van der Waals surface area contributed by atoms with Crippen LogP contribution in [-0.4, -0.2) is 41.3 Å². The lowest BCUT2D eigenvalue weighted by atomic mass is 10.0. The first kappa shape index (κ1) is 27.0. The number of nitrogens with zero attached hydrogens (tertiary/aromatic N) is 2. The topological polar surface area (TPSA) is 85.0 Å². The second-order valence-corrected chi connectivity index (χ2v) is 10.9.